The van der Waals surface area contributed by atoms with Crippen LogP contribution in [0.2, 0.25) is 0 Å². The molecule has 0 radical (unpaired) electrons. The van der Waals surface area contributed by atoms with Gasteiger partial charge in [0.25, 0.3) is 5.91 Å². The van der Waals surface area contributed by atoms with E-state index in [-0.39, 0.29) is 5.91 Å². The first-order valence-electron chi connectivity index (χ1n) is 8.17. The lowest BCUT2D eigenvalue weighted by molar-refractivity contribution is 0.0944. The Labute approximate surface area is 126 Å². The van der Waals surface area contributed by atoms with Gasteiger partial charge in [-0.3, -0.25) is 9.78 Å². The van der Waals surface area contributed by atoms with E-state index in [1.165, 1.54) is 25.7 Å². The van der Waals surface area contributed by atoms with Crippen molar-refractivity contribution in [3.8, 4) is 0 Å². The molecule has 1 heterocycles. The lowest BCUT2D eigenvalue weighted by atomic mass is 9.98. The van der Waals surface area contributed by atoms with Crippen LogP contribution in [0.15, 0.2) is 12.3 Å². The Morgan fingerprint density at radius 2 is 2.00 bits per heavy atom. The molecule has 114 valence electrons. The molecule has 4 heteroatoms. The van der Waals surface area contributed by atoms with Crippen molar-refractivity contribution in [3.05, 3.63) is 23.5 Å². The van der Waals surface area contributed by atoms with Crippen LogP contribution in [0.25, 0.3) is 0 Å². The molecule has 0 bridgehead atoms. The first-order chi connectivity index (χ1) is 10.2. The van der Waals surface area contributed by atoms with Gasteiger partial charge in [-0.05, 0) is 63.4 Å². The molecular weight excluding hydrogens is 262 g/mol. The maximum Gasteiger partial charge on any atom is 0.254 e. The number of hydrogen-bond donors (Lipinski definition) is 2. The molecule has 0 spiro atoms. The van der Waals surface area contributed by atoms with E-state index < -0.39 is 0 Å². The van der Waals surface area contributed by atoms with E-state index >= 15 is 0 Å². The monoisotopic (exact) mass is 287 g/mol. The number of anilines is 1. The summed E-state index contributed by atoms with van der Waals surface area (Å²) in [5.74, 6) is 2.43. The molecule has 21 heavy (non-hydrogen) atoms. The number of carbonyl (C=O) groups is 1. The summed E-state index contributed by atoms with van der Waals surface area (Å²) in [5, 5.41) is 6.40. The normalized spacial score (nSPS) is 17.9. The van der Waals surface area contributed by atoms with E-state index in [1.54, 1.807) is 6.20 Å². The largest absolute Gasteiger partial charge is 0.385 e. The molecule has 2 aliphatic rings. The van der Waals surface area contributed by atoms with Gasteiger partial charge >= 0.3 is 0 Å². The Morgan fingerprint density at radius 3 is 2.57 bits per heavy atom. The fraction of sp³-hybridized carbons (Fsp3) is 0.647. The van der Waals surface area contributed by atoms with Crippen molar-refractivity contribution in [2.75, 3.05) is 18.4 Å². The molecule has 2 aliphatic carbocycles. The number of aromatic nitrogens is 1. The smallest absolute Gasteiger partial charge is 0.254 e. The van der Waals surface area contributed by atoms with Crippen molar-refractivity contribution in [1.29, 1.82) is 0 Å². The van der Waals surface area contributed by atoms with Gasteiger partial charge in [0, 0.05) is 25.0 Å². The zero-order valence-electron chi connectivity index (χ0n) is 13.0. The quantitative estimate of drug-likeness (QED) is 0.810. The van der Waals surface area contributed by atoms with Crippen molar-refractivity contribution in [3.63, 3.8) is 0 Å². The minimum absolute atomic E-state index is 0.00440. The highest BCUT2D eigenvalue weighted by Gasteiger charge is 2.41. The summed E-state index contributed by atoms with van der Waals surface area (Å²) in [6, 6.07) is 1.94. The highest BCUT2D eigenvalue weighted by molar-refractivity contribution is 5.99. The van der Waals surface area contributed by atoms with E-state index in [0.29, 0.717) is 11.5 Å². The molecule has 0 atom stereocenters. The Bertz CT molecular complexity index is 509. The number of hydrogen-bond acceptors (Lipinski definition) is 3. The molecule has 2 saturated carbocycles. The number of nitrogens with one attached hydrogen (secondary N) is 2. The van der Waals surface area contributed by atoms with Crippen molar-refractivity contribution < 1.29 is 4.79 Å². The van der Waals surface area contributed by atoms with Crippen LogP contribution in [0.5, 0.6) is 0 Å². The van der Waals surface area contributed by atoms with Gasteiger partial charge in [-0.15, -0.1) is 0 Å². The van der Waals surface area contributed by atoms with Crippen LogP contribution in [0.1, 0.15) is 48.7 Å². The van der Waals surface area contributed by atoms with E-state index in [4.69, 9.17) is 0 Å². The van der Waals surface area contributed by atoms with Crippen LogP contribution < -0.4 is 10.6 Å². The first-order valence-corrected chi connectivity index (χ1v) is 8.17. The fourth-order valence-electron chi connectivity index (χ4n) is 3.15. The Balaban J connectivity index is 1.64. The standard InChI is InChI=1S/C17H25N3O/c1-3-18-16-8-11(2)19-10-15(16)17(21)20-9-14(12-4-5-12)13-6-7-13/h8,10,12-14H,3-7,9H2,1-2H3,(H,18,19)(H,20,21). The molecule has 1 aromatic rings. The molecule has 2 fully saturated rings. The van der Waals surface area contributed by atoms with Gasteiger partial charge in [0.15, 0.2) is 0 Å². The minimum Gasteiger partial charge on any atom is -0.385 e. The Hall–Kier alpha value is -1.58. The zero-order valence-corrected chi connectivity index (χ0v) is 13.0. The topological polar surface area (TPSA) is 54.0 Å². The van der Waals surface area contributed by atoms with E-state index in [2.05, 4.69) is 15.6 Å². The lowest BCUT2D eigenvalue weighted by Crippen LogP contribution is -2.31. The maximum atomic E-state index is 12.5. The van der Waals surface area contributed by atoms with Crippen molar-refractivity contribution in [2.24, 2.45) is 17.8 Å². The van der Waals surface area contributed by atoms with Crippen LogP contribution in [-0.4, -0.2) is 24.0 Å². The molecule has 4 nitrogen and oxygen atoms in total. The fourth-order valence-corrected chi connectivity index (χ4v) is 3.15. The summed E-state index contributed by atoms with van der Waals surface area (Å²) in [5.41, 5.74) is 2.47. The third-order valence-corrected chi connectivity index (χ3v) is 4.61. The van der Waals surface area contributed by atoms with Crippen LogP contribution in [-0.2, 0) is 0 Å². The van der Waals surface area contributed by atoms with Gasteiger partial charge in [0.2, 0.25) is 0 Å². The zero-order chi connectivity index (χ0) is 14.8. The lowest BCUT2D eigenvalue weighted by Gasteiger charge is -2.17. The third kappa shape index (κ3) is 3.55. The summed E-state index contributed by atoms with van der Waals surface area (Å²) in [6.45, 7) is 5.61. The van der Waals surface area contributed by atoms with E-state index in [1.807, 2.05) is 19.9 Å². The van der Waals surface area contributed by atoms with Crippen molar-refractivity contribution >= 4 is 11.6 Å². The molecule has 0 unspecified atom stereocenters. The van der Waals surface area contributed by atoms with Gasteiger partial charge in [-0.1, -0.05) is 0 Å². The second-order valence-electron chi connectivity index (χ2n) is 6.45. The van der Waals surface area contributed by atoms with Gasteiger partial charge in [0.05, 0.1) is 11.3 Å². The Morgan fingerprint density at radius 1 is 1.33 bits per heavy atom. The molecule has 0 saturated heterocycles. The maximum absolute atomic E-state index is 12.5. The molecule has 0 aromatic carbocycles. The molecule has 0 aliphatic heterocycles. The van der Waals surface area contributed by atoms with Crippen LogP contribution in [0, 0.1) is 24.7 Å². The van der Waals surface area contributed by atoms with Crippen LogP contribution >= 0.6 is 0 Å². The number of nitrogens with zero attached hydrogens (tertiary/aromatic N) is 1. The number of rotatable bonds is 7. The van der Waals surface area contributed by atoms with Gasteiger partial charge < -0.3 is 10.6 Å². The van der Waals surface area contributed by atoms with Gasteiger partial charge in [-0.2, -0.15) is 0 Å². The summed E-state index contributed by atoms with van der Waals surface area (Å²) in [6.07, 6.45) is 7.10. The summed E-state index contributed by atoms with van der Waals surface area (Å²) in [7, 11) is 0. The minimum atomic E-state index is 0.00440. The summed E-state index contributed by atoms with van der Waals surface area (Å²) in [4.78, 5) is 16.7. The third-order valence-electron chi connectivity index (χ3n) is 4.61. The Kier molecular flexibility index (Phi) is 4.13. The van der Waals surface area contributed by atoms with Gasteiger partial charge in [-0.25, -0.2) is 0 Å². The predicted molar refractivity (Wildman–Crippen MR) is 84.4 cm³/mol. The molecule has 3 rings (SSSR count). The second-order valence-corrected chi connectivity index (χ2v) is 6.45. The van der Waals surface area contributed by atoms with Gasteiger partial charge in [0.1, 0.15) is 0 Å². The molecule has 1 aromatic heterocycles. The number of carbonyl (C=O) groups excluding carboxylic acids is 1. The average molecular weight is 287 g/mol. The molecule has 1 amide bonds. The van der Waals surface area contributed by atoms with Crippen molar-refractivity contribution in [1.82, 2.24) is 10.3 Å². The number of pyridine rings is 1. The van der Waals surface area contributed by atoms with Crippen molar-refractivity contribution in [2.45, 2.75) is 39.5 Å². The van der Waals surface area contributed by atoms with E-state index in [9.17, 15) is 4.79 Å². The summed E-state index contributed by atoms with van der Waals surface area (Å²) < 4.78 is 0. The SMILES string of the molecule is CCNc1cc(C)ncc1C(=O)NCC(C1CC1)C1CC1. The highest BCUT2D eigenvalue weighted by Crippen LogP contribution is 2.48. The first kappa shape index (κ1) is 14.4. The second kappa shape index (κ2) is 6.04. The number of amides is 1. The number of aryl methyl sites for hydroxylation is 1. The van der Waals surface area contributed by atoms with Crippen LogP contribution in [0.3, 0.4) is 0 Å². The predicted octanol–water partition coefficient (Wildman–Crippen LogP) is 2.99. The summed E-state index contributed by atoms with van der Waals surface area (Å²) >= 11 is 0. The molecular formula is C17H25N3O. The van der Waals surface area contributed by atoms with E-state index in [0.717, 1.165) is 36.3 Å². The highest BCUT2D eigenvalue weighted by atomic mass is 16.1. The average Bonchev–Trinajstić information content (AvgIpc) is 3.33. The van der Waals surface area contributed by atoms with Crippen LogP contribution in [0.4, 0.5) is 5.69 Å². The molecule has 2 N–H and O–H groups in total.